The Hall–Kier alpha value is -3.57. The molecule has 0 heterocycles. The number of nitrogens with two attached hydrogens (primary N) is 1. The lowest BCUT2D eigenvalue weighted by atomic mass is 10.2. The SMILES string of the molecule is CN(C)Cc1ccccc1Sc1ccc(N)cc1.O=C(O)C(=O)O.O=C(O)C(=O)O. The Kier molecular flexibility index (Phi) is 12.0. The van der Waals surface area contributed by atoms with Gasteiger partial charge in [0.05, 0.1) is 0 Å². The molecule has 0 unspecified atom stereocenters. The number of rotatable bonds is 4. The molecular weight excluding hydrogens is 416 g/mol. The molecule has 0 atom stereocenters. The van der Waals surface area contributed by atoms with Gasteiger partial charge in [0, 0.05) is 22.0 Å². The molecule has 2 aromatic carbocycles. The van der Waals surface area contributed by atoms with Crippen LogP contribution in [0.5, 0.6) is 0 Å². The highest BCUT2D eigenvalue weighted by atomic mass is 32.2. The largest absolute Gasteiger partial charge is 0.473 e. The van der Waals surface area contributed by atoms with Gasteiger partial charge in [0.2, 0.25) is 0 Å². The summed E-state index contributed by atoms with van der Waals surface area (Å²) in [6, 6.07) is 16.5. The molecule has 0 fully saturated rings. The summed E-state index contributed by atoms with van der Waals surface area (Å²) < 4.78 is 0. The minimum Gasteiger partial charge on any atom is -0.473 e. The van der Waals surface area contributed by atoms with Crippen molar-refractivity contribution >= 4 is 41.3 Å². The van der Waals surface area contributed by atoms with E-state index >= 15 is 0 Å². The van der Waals surface area contributed by atoms with Crippen LogP contribution in [-0.2, 0) is 25.7 Å². The zero-order chi connectivity index (χ0) is 23.3. The number of aliphatic carboxylic acids is 4. The van der Waals surface area contributed by atoms with Crippen LogP contribution < -0.4 is 5.73 Å². The van der Waals surface area contributed by atoms with Crippen LogP contribution in [0.25, 0.3) is 0 Å². The first-order chi connectivity index (χ1) is 13.9. The number of carbonyl (C=O) groups is 4. The van der Waals surface area contributed by atoms with Gasteiger partial charge in [-0.2, -0.15) is 0 Å². The highest BCUT2D eigenvalue weighted by Gasteiger charge is 2.05. The molecule has 0 amide bonds. The molecule has 0 bridgehead atoms. The molecule has 0 aliphatic rings. The van der Waals surface area contributed by atoms with Crippen LogP contribution in [0.3, 0.4) is 0 Å². The fourth-order valence-electron chi connectivity index (χ4n) is 1.74. The van der Waals surface area contributed by atoms with Gasteiger partial charge in [-0.15, -0.1) is 0 Å². The Balaban J connectivity index is 0.000000580. The summed E-state index contributed by atoms with van der Waals surface area (Å²) in [4.78, 5) is 41.1. The second kappa shape index (κ2) is 13.6. The average Bonchev–Trinajstić information content (AvgIpc) is 2.65. The lowest BCUT2D eigenvalue weighted by Gasteiger charge is -2.13. The predicted octanol–water partition coefficient (Wildman–Crippen LogP) is 1.79. The van der Waals surface area contributed by atoms with E-state index in [1.165, 1.54) is 15.4 Å². The summed E-state index contributed by atoms with van der Waals surface area (Å²) in [6.45, 7) is 0.956. The van der Waals surface area contributed by atoms with Gasteiger partial charge in [-0.3, -0.25) is 0 Å². The van der Waals surface area contributed by atoms with Crippen LogP contribution in [0.15, 0.2) is 58.3 Å². The van der Waals surface area contributed by atoms with Crippen LogP contribution in [0, 0.1) is 0 Å². The molecule has 11 heteroatoms. The summed E-state index contributed by atoms with van der Waals surface area (Å²) >= 11 is 1.78. The van der Waals surface area contributed by atoms with Gasteiger partial charge in [-0.25, -0.2) is 19.2 Å². The van der Waals surface area contributed by atoms with Gasteiger partial charge in [-0.05, 0) is 50.0 Å². The van der Waals surface area contributed by atoms with E-state index in [-0.39, 0.29) is 0 Å². The van der Waals surface area contributed by atoms with Gasteiger partial charge < -0.3 is 31.1 Å². The third-order valence-electron chi connectivity index (χ3n) is 2.93. The third-order valence-corrected chi connectivity index (χ3v) is 4.06. The van der Waals surface area contributed by atoms with Crippen LogP contribution in [0.1, 0.15) is 5.56 Å². The van der Waals surface area contributed by atoms with Gasteiger partial charge >= 0.3 is 23.9 Å². The summed E-state index contributed by atoms with van der Waals surface area (Å²) in [5.74, 6) is -7.30. The number of carboxylic acids is 4. The Bertz CT molecular complexity index is 821. The number of anilines is 1. The molecule has 0 saturated carbocycles. The smallest absolute Gasteiger partial charge is 0.414 e. The number of hydrogen-bond acceptors (Lipinski definition) is 7. The van der Waals surface area contributed by atoms with Gasteiger partial charge in [0.25, 0.3) is 0 Å². The minimum absolute atomic E-state index is 0.806. The topological polar surface area (TPSA) is 178 Å². The molecule has 2 aromatic rings. The molecule has 6 N–H and O–H groups in total. The van der Waals surface area contributed by atoms with E-state index in [2.05, 4.69) is 55.4 Å². The Morgan fingerprint density at radius 1 is 0.800 bits per heavy atom. The first kappa shape index (κ1) is 26.4. The molecule has 0 aliphatic carbocycles. The summed E-state index contributed by atoms with van der Waals surface area (Å²) in [5, 5.41) is 29.6. The predicted molar refractivity (Wildman–Crippen MR) is 109 cm³/mol. The summed E-state index contributed by atoms with van der Waals surface area (Å²) in [7, 11) is 4.18. The number of benzene rings is 2. The fraction of sp³-hybridized carbons (Fsp3) is 0.158. The lowest BCUT2D eigenvalue weighted by Crippen LogP contribution is -2.11. The average molecular weight is 438 g/mol. The Morgan fingerprint density at radius 2 is 1.23 bits per heavy atom. The summed E-state index contributed by atoms with van der Waals surface area (Å²) in [6.07, 6.45) is 0. The standard InChI is InChI=1S/C15H18N2S.2C2H2O4/c1-17(2)11-12-5-3-4-6-15(12)18-14-9-7-13(16)8-10-14;2*3-1(4)2(5)6/h3-10H,11,16H2,1-2H3;2*(H,3,4)(H,5,6). The van der Waals surface area contributed by atoms with Crippen LogP contribution in [0.4, 0.5) is 5.69 Å². The van der Waals surface area contributed by atoms with Crippen molar-refractivity contribution in [2.24, 2.45) is 0 Å². The van der Waals surface area contributed by atoms with Crippen molar-refractivity contribution in [1.82, 2.24) is 4.90 Å². The third kappa shape index (κ3) is 12.0. The Morgan fingerprint density at radius 3 is 1.63 bits per heavy atom. The second-order valence-electron chi connectivity index (χ2n) is 5.74. The molecule has 10 nitrogen and oxygen atoms in total. The summed E-state index contributed by atoms with van der Waals surface area (Å²) in [5.41, 5.74) is 7.86. The molecule has 162 valence electrons. The van der Waals surface area contributed by atoms with Crippen LogP contribution in [-0.4, -0.2) is 63.3 Å². The molecule has 0 saturated heterocycles. The number of carboxylic acid groups (broad SMARTS) is 4. The van der Waals surface area contributed by atoms with Crippen molar-refractivity contribution in [1.29, 1.82) is 0 Å². The Labute approximate surface area is 176 Å². The number of nitrogen functional groups attached to an aromatic ring is 1. The van der Waals surface area contributed by atoms with E-state index in [0.29, 0.717) is 0 Å². The molecule has 0 radical (unpaired) electrons. The van der Waals surface area contributed by atoms with Crippen molar-refractivity contribution in [3.8, 4) is 0 Å². The normalized spacial score (nSPS) is 9.43. The van der Waals surface area contributed by atoms with E-state index < -0.39 is 23.9 Å². The molecule has 0 aliphatic heterocycles. The van der Waals surface area contributed by atoms with E-state index in [9.17, 15) is 0 Å². The number of hydrogen-bond donors (Lipinski definition) is 5. The second-order valence-corrected chi connectivity index (χ2v) is 6.85. The van der Waals surface area contributed by atoms with Crippen molar-refractivity contribution in [2.45, 2.75) is 16.3 Å². The highest BCUT2D eigenvalue weighted by molar-refractivity contribution is 7.99. The van der Waals surface area contributed by atoms with E-state index in [0.717, 1.165) is 12.2 Å². The van der Waals surface area contributed by atoms with Gasteiger partial charge in [0.1, 0.15) is 0 Å². The fourth-order valence-corrected chi connectivity index (χ4v) is 2.67. The quantitative estimate of drug-likeness (QED) is 0.347. The van der Waals surface area contributed by atoms with Gasteiger partial charge in [0.15, 0.2) is 0 Å². The van der Waals surface area contributed by atoms with E-state index in [1.54, 1.807) is 11.8 Å². The maximum absolute atomic E-state index is 9.10. The highest BCUT2D eigenvalue weighted by Crippen LogP contribution is 2.31. The van der Waals surface area contributed by atoms with Crippen LogP contribution in [0.2, 0.25) is 0 Å². The number of nitrogens with zero attached hydrogens (tertiary/aromatic N) is 1. The molecular formula is C19H22N2O8S. The zero-order valence-electron chi connectivity index (χ0n) is 16.2. The molecule has 0 aromatic heterocycles. The van der Waals surface area contributed by atoms with Crippen LogP contribution >= 0.6 is 11.8 Å². The van der Waals surface area contributed by atoms with Crippen molar-refractivity contribution in [2.75, 3.05) is 19.8 Å². The van der Waals surface area contributed by atoms with Crippen molar-refractivity contribution in [3.63, 3.8) is 0 Å². The maximum atomic E-state index is 9.10. The van der Waals surface area contributed by atoms with Crippen molar-refractivity contribution < 1.29 is 39.6 Å². The molecule has 30 heavy (non-hydrogen) atoms. The first-order valence-corrected chi connectivity index (χ1v) is 8.94. The molecule has 0 spiro atoms. The maximum Gasteiger partial charge on any atom is 0.414 e. The lowest BCUT2D eigenvalue weighted by molar-refractivity contribution is -0.159. The zero-order valence-corrected chi connectivity index (χ0v) is 17.0. The first-order valence-electron chi connectivity index (χ1n) is 8.12. The van der Waals surface area contributed by atoms with Gasteiger partial charge in [-0.1, -0.05) is 30.0 Å². The monoisotopic (exact) mass is 438 g/mol. The minimum atomic E-state index is -1.82. The molecule has 2 rings (SSSR count). The van der Waals surface area contributed by atoms with E-state index in [4.69, 9.17) is 45.3 Å². The van der Waals surface area contributed by atoms with E-state index in [1.807, 2.05) is 12.1 Å². The van der Waals surface area contributed by atoms with Crippen molar-refractivity contribution in [3.05, 3.63) is 54.1 Å².